The Balaban J connectivity index is 1.29. The first-order valence-corrected chi connectivity index (χ1v) is 13.6. The molecule has 6 nitrogen and oxygen atoms in total. The van der Waals surface area contributed by atoms with Gasteiger partial charge in [0.1, 0.15) is 6.10 Å². The van der Waals surface area contributed by atoms with Crippen LogP contribution in [0.15, 0.2) is 29.0 Å². The Kier molecular flexibility index (Phi) is 4.50. The van der Waals surface area contributed by atoms with Crippen LogP contribution in [0.25, 0.3) is 0 Å². The number of thiophene rings is 1. The Hall–Kier alpha value is -2.09. The van der Waals surface area contributed by atoms with E-state index in [1.54, 1.807) is 17.4 Å². The van der Waals surface area contributed by atoms with Crippen LogP contribution < -0.4 is 4.74 Å². The van der Waals surface area contributed by atoms with E-state index >= 15 is 0 Å². The first-order valence-electron chi connectivity index (χ1n) is 12.7. The normalized spacial score (nSPS) is 35.5. The molecule has 180 valence electrons. The fourth-order valence-corrected chi connectivity index (χ4v) is 8.40. The van der Waals surface area contributed by atoms with E-state index in [-0.39, 0.29) is 29.8 Å². The van der Waals surface area contributed by atoms with Crippen LogP contribution >= 0.6 is 11.3 Å². The van der Waals surface area contributed by atoms with Crippen LogP contribution in [0.3, 0.4) is 0 Å². The highest BCUT2D eigenvalue weighted by molar-refractivity contribution is 7.08. The minimum absolute atomic E-state index is 0.0590. The molecule has 1 aromatic heterocycles. The Morgan fingerprint density at radius 1 is 1.26 bits per heavy atom. The first kappa shape index (κ1) is 21.2. The molecule has 3 heterocycles. The number of ether oxygens (including phenoxy) is 1. The molecule has 1 amide bonds. The zero-order valence-corrected chi connectivity index (χ0v) is 20.4. The summed E-state index contributed by atoms with van der Waals surface area (Å²) in [6, 6.07) is 5.70. The number of nitrogens with zero attached hydrogens (tertiary/aromatic N) is 2. The summed E-state index contributed by atoms with van der Waals surface area (Å²) in [6.45, 7) is 1.99. The molecule has 5 atom stereocenters. The van der Waals surface area contributed by atoms with Crippen molar-refractivity contribution in [2.45, 2.75) is 74.1 Å². The number of benzene rings is 1. The molecule has 0 radical (unpaired) electrons. The van der Waals surface area contributed by atoms with Gasteiger partial charge in [-0.2, -0.15) is 11.3 Å². The number of amides is 1. The molecule has 2 saturated carbocycles. The maximum Gasteiger partial charge on any atom is 0.227 e. The van der Waals surface area contributed by atoms with Crippen LogP contribution in [0.2, 0.25) is 0 Å². The molecule has 2 bridgehead atoms. The molecule has 3 fully saturated rings. The zero-order valence-electron chi connectivity index (χ0n) is 19.6. The minimum atomic E-state index is -0.912. The van der Waals surface area contributed by atoms with Crippen LogP contribution in [-0.2, 0) is 23.1 Å². The van der Waals surface area contributed by atoms with Crippen molar-refractivity contribution in [2.24, 2.45) is 5.92 Å². The predicted octanol–water partition coefficient (Wildman–Crippen LogP) is 3.09. The van der Waals surface area contributed by atoms with Gasteiger partial charge in [0.2, 0.25) is 5.91 Å². The van der Waals surface area contributed by atoms with Crippen molar-refractivity contribution in [1.29, 1.82) is 0 Å². The molecule has 1 aromatic carbocycles. The molecular weight excluding hydrogens is 448 g/mol. The largest absolute Gasteiger partial charge is 0.504 e. The number of likely N-dealkylation sites (tertiary alicyclic amines) is 1. The van der Waals surface area contributed by atoms with Crippen LogP contribution in [0, 0.1) is 5.92 Å². The van der Waals surface area contributed by atoms with Gasteiger partial charge in [-0.15, -0.1) is 0 Å². The standard InChI is InChI=1S/C27H32N2O4S/c1-28(22(31)12-17-7-11-34-15-17)19-6-8-27(32)21-13-18-4-5-20(30)24-23(18)26(27,25(19)33-24)9-10-29(21)14-16-2-3-16/h4-5,7,11,15-16,19,21,25,30,32H,2-3,6,8-10,12-14H2,1H3/t19-,21+,25+,26+,27-/m1/s1. The lowest BCUT2D eigenvalue weighted by Crippen LogP contribution is -2.78. The molecule has 2 aliphatic heterocycles. The molecule has 2 aromatic rings. The summed E-state index contributed by atoms with van der Waals surface area (Å²) < 4.78 is 6.60. The van der Waals surface area contributed by atoms with Crippen LogP contribution in [0.4, 0.5) is 0 Å². The minimum Gasteiger partial charge on any atom is -0.504 e. The lowest BCUT2D eigenvalue weighted by atomic mass is 9.48. The third kappa shape index (κ3) is 2.72. The van der Waals surface area contributed by atoms with E-state index in [0.29, 0.717) is 25.0 Å². The summed E-state index contributed by atoms with van der Waals surface area (Å²) in [4.78, 5) is 17.7. The third-order valence-corrected chi connectivity index (χ3v) is 10.3. The quantitative estimate of drug-likeness (QED) is 0.688. The lowest BCUT2D eigenvalue weighted by molar-refractivity contribution is -0.200. The second-order valence-corrected chi connectivity index (χ2v) is 12.0. The molecule has 7 rings (SSSR count). The summed E-state index contributed by atoms with van der Waals surface area (Å²) in [6.07, 6.45) is 5.56. The average molecular weight is 481 g/mol. The van der Waals surface area contributed by atoms with E-state index in [4.69, 9.17) is 4.74 Å². The van der Waals surface area contributed by atoms with Crippen molar-refractivity contribution >= 4 is 17.2 Å². The van der Waals surface area contributed by atoms with Gasteiger partial charge in [0.15, 0.2) is 11.5 Å². The van der Waals surface area contributed by atoms with E-state index in [9.17, 15) is 15.0 Å². The molecule has 1 spiro atoms. The van der Waals surface area contributed by atoms with E-state index in [2.05, 4.69) is 4.90 Å². The number of aromatic hydroxyl groups is 1. The van der Waals surface area contributed by atoms with E-state index < -0.39 is 11.0 Å². The van der Waals surface area contributed by atoms with Crippen molar-refractivity contribution in [1.82, 2.24) is 9.80 Å². The van der Waals surface area contributed by atoms with Crippen molar-refractivity contribution in [2.75, 3.05) is 20.1 Å². The molecule has 3 aliphatic carbocycles. The van der Waals surface area contributed by atoms with E-state index in [1.165, 1.54) is 18.4 Å². The smallest absolute Gasteiger partial charge is 0.227 e. The van der Waals surface area contributed by atoms with Crippen molar-refractivity contribution in [3.05, 3.63) is 45.6 Å². The van der Waals surface area contributed by atoms with Gasteiger partial charge in [0.05, 0.1) is 23.5 Å². The number of likely N-dealkylation sites (N-methyl/N-ethyl adjacent to an activating group) is 1. The SMILES string of the molecule is CN(C(=O)Cc1ccsc1)[C@@H]1CC[C@@]2(O)[C@@H]3Cc4ccc(O)c5c4[C@@]2(CCN3CC2CC2)[C@H]1O5. The van der Waals surface area contributed by atoms with Gasteiger partial charge >= 0.3 is 0 Å². The van der Waals surface area contributed by atoms with Gasteiger partial charge in [0.25, 0.3) is 0 Å². The Bertz CT molecular complexity index is 1150. The summed E-state index contributed by atoms with van der Waals surface area (Å²) in [5.74, 6) is 1.53. The van der Waals surface area contributed by atoms with Gasteiger partial charge < -0.3 is 19.8 Å². The predicted molar refractivity (Wildman–Crippen MR) is 129 cm³/mol. The fourth-order valence-electron chi connectivity index (χ4n) is 7.73. The fraction of sp³-hybridized carbons (Fsp3) is 0.593. The monoisotopic (exact) mass is 480 g/mol. The number of hydrogen-bond acceptors (Lipinski definition) is 6. The molecule has 5 aliphatic rings. The zero-order chi connectivity index (χ0) is 23.2. The van der Waals surface area contributed by atoms with Gasteiger partial charge in [-0.25, -0.2) is 0 Å². The Morgan fingerprint density at radius 3 is 2.88 bits per heavy atom. The number of carbonyl (C=O) groups excluding carboxylic acids is 1. The van der Waals surface area contributed by atoms with E-state index in [0.717, 1.165) is 43.0 Å². The number of phenolic OH excluding ortho intramolecular Hbond substituents is 1. The Morgan fingerprint density at radius 2 is 2.12 bits per heavy atom. The van der Waals surface area contributed by atoms with Gasteiger partial charge in [-0.1, -0.05) is 6.07 Å². The highest BCUT2D eigenvalue weighted by Crippen LogP contribution is 2.66. The summed E-state index contributed by atoms with van der Waals surface area (Å²) in [7, 11) is 1.88. The van der Waals surface area contributed by atoms with Gasteiger partial charge in [-0.3, -0.25) is 9.69 Å². The molecule has 2 N–H and O–H groups in total. The summed E-state index contributed by atoms with van der Waals surface area (Å²) >= 11 is 1.61. The van der Waals surface area contributed by atoms with Crippen LogP contribution in [0.1, 0.15) is 48.8 Å². The van der Waals surface area contributed by atoms with Crippen molar-refractivity contribution < 1.29 is 19.7 Å². The van der Waals surface area contributed by atoms with Crippen molar-refractivity contribution in [3.63, 3.8) is 0 Å². The van der Waals surface area contributed by atoms with Crippen LogP contribution in [0.5, 0.6) is 11.5 Å². The maximum absolute atomic E-state index is 13.3. The van der Waals surface area contributed by atoms with Crippen LogP contribution in [-0.4, -0.2) is 69.8 Å². The number of aliphatic hydroxyl groups is 1. The molecular formula is C27H32N2O4S. The lowest BCUT2D eigenvalue weighted by Gasteiger charge is -2.64. The number of carbonyl (C=O) groups is 1. The van der Waals surface area contributed by atoms with Crippen molar-refractivity contribution in [3.8, 4) is 11.5 Å². The number of phenols is 1. The highest BCUT2D eigenvalue weighted by atomic mass is 32.1. The number of hydrogen-bond donors (Lipinski definition) is 2. The topological polar surface area (TPSA) is 73.2 Å². The van der Waals surface area contributed by atoms with E-state index in [1.807, 2.05) is 34.8 Å². The second-order valence-electron chi connectivity index (χ2n) is 11.2. The molecule has 0 unspecified atom stereocenters. The summed E-state index contributed by atoms with van der Waals surface area (Å²) in [5.41, 5.74) is 1.75. The average Bonchev–Trinajstić information content (AvgIpc) is 3.34. The Labute approximate surface area is 204 Å². The molecule has 34 heavy (non-hydrogen) atoms. The van der Waals surface area contributed by atoms with Gasteiger partial charge in [0, 0.05) is 25.2 Å². The highest BCUT2D eigenvalue weighted by Gasteiger charge is 2.73. The second kappa shape index (κ2) is 7.21. The molecule has 1 saturated heterocycles. The third-order valence-electron chi connectivity index (χ3n) is 9.56. The molecule has 7 heteroatoms. The summed E-state index contributed by atoms with van der Waals surface area (Å²) in [5, 5.41) is 27.4. The van der Waals surface area contributed by atoms with Gasteiger partial charge in [-0.05, 0) is 85.0 Å². The number of rotatable bonds is 5. The first-order chi connectivity index (χ1) is 16.4. The maximum atomic E-state index is 13.3. The number of piperidine rings is 1.